The van der Waals surface area contributed by atoms with E-state index < -0.39 is 5.97 Å². The van der Waals surface area contributed by atoms with Crippen molar-refractivity contribution in [2.75, 3.05) is 11.4 Å². The molecule has 2 rings (SSSR count). The summed E-state index contributed by atoms with van der Waals surface area (Å²) >= 11 is 0. The number of nitrogens with zero attached hydrogens (tertiary/aromatic N) is 1. The van der Waals surface area contributed by atoms with E-state index in [1.165, 1.54) is 5.69 Å². The first-order valence-corrected chi connectivity index (χ1v) is 6.06. The maximum absolute atomic E-state index is 10.9. The van der Waals surface area contributed by atoms with Crippen LogP contribution in [0.1, 0.15) is 26.7 Å². The Morgan fingerprint density at radius 2 is 2.06 bits per heavy atom. The summed E-state index contributed by atoms with van der Waals surface area (Å²) in [5, 5.41) is 8.94. The van der Waals surface area contributed by atoms with Gasteiger partial charge in [-0.3, -0.25) is 4.79 Å². The van der Waals surface area contributed by atoms with Crippen molar-refractivity contribution in [2.24, 2.45) is 5.92 Å². The van der Waals surface area contributed by atoms with Gasteiger partial charge in [-0.2, -0.15) is 0 Å². The first-order chi connectivity index (χ1) is 8.01. The first kappa shape index (κ1) is 12.0. The number of benzene rings is 1. The molecule has 1 fully saturated rings. The van der Waals surface area contributed by atoms with Crippen molar-refractivity contribution in [1.29, 1.82) is 0 Å². The Morgan fingerprint density at radius 3 is 2.65 bits per heavy atom. The Balaban J connectivity index is 2.20. The number of para-hydroxylation sites is 1. The molecule has 0 aliphatic carbocycles. The Labute approximate surface area is 102 Å². The number of carboxylic acids is 1. The number of hydrogen-bond donors (Lipinski definition) is 1. The van der Waals surface area contributed by atoms with Gasteiger partial charge in [0, 0.05) is 17.8 Å². The number of carbonyl (C=O) groups is 1. The minimum absolute atomic E-state index is 0.0836. The van der Waals surface area contributed by atoms with Gasteiger partial charge in [0.15, 0.2) is 0 Å². The lowest BCUT2D eigenvalue weighted by molar-refractivity contribution is -0.138. The van der Waals surface area contributed by atoms with Gasteiger partial charge in [-0.1, -0.05) is 18.2 Å². The number of anilines is 1. The number of rotatable bonds is 3. The molecule has 17 heavy (non-hydrogen) atoms. The SMILES string of the molecule is CC1(C)C(CC(=O)O)CCN1c1ccccc1. The Bertz CT molecular complexity index is 400. The van der Waals surface area contributed by atoms with Gasteiger partial charge in [-0.25, -0.2) is 0 Å². The van der Waals surface area contributed by atoms with Crippen LogP contribution in [0.25, 0.3) is 0 Å². The lowest BCUT2D eigenvalue weighted by Gasteiger charge is -2.37. The average molecular weight is 233 g/mol. The van der Waals surface area contributed by atoms with Gasteiger partial charge in [-0.05, 0) is 38.3 Å². The standard InChI is InChI=1S/C14H19NO2/c1-14(2)11(10-13(16)17)8-9-15(14)12-6-4-3-5-7-12/h3-7,11H,8-10H2,1-2H3,(H,16,17). The highest BCUT2D eigenvalue weighted by molar-refractivity contribution is 5.67. The van der Waals surface area contributed by atoms with Crippen LogP contribution in [-0.2, 0) is 4.79 Å². The molecule has 1 unspecified atom stereocenters. The molecule has 0 bridgehead atoms. The Kier molecular flexibility index (Phi) is 3.09. The molecule has 92 valence electrons. The molecule has 1 aliphatic rings. The van der Waals surface area contributed by atoms with Gasteiger partial charge in [-0.15, -0.1) is 0 Å². The number of hydrogen-bond acceptors (Lipinski definition) is 2. The van der Waals surface area contributed by atoms with Crippen molar-refractivity contribution in [3.8, 4) is 0 Å². The van der Waals surface area contributed by atoms with E-state index in [0.29, 0.717) is 0 Å². The number of carboxylic acid groups (broad SMARTS) is 1. The zero-order valence-corrected chi connectivity index (χ0v) is 10.4. The number of aliphatic carboxylic acids is 1. The van der Waals surface area contributed by atoms with Gasteiger partial charge >= 0.3 is 5.97 Å². The Hall–Kier alpha value is -1.51. The summed E-state index contributed by atoms with van der Waals surface area (Å²) in [4.78, 5) is 13.2. The summed E-state index contributed by atoms with van der Waals surface area (Å²) in [6, 6.07) is 10.2. The van der Waals surface area contributed by atoms with Crippen molar-refractivity contribution in [3.05, 3.63) is 30.3 Å². The topological polar surface area (TPSA) is 40.5 Å². The van der Waals surface area contributed by atoms with Crippen LogP contribution < -0.4 is 4.90 Å². The van der Waals surface area contributed by atoms with Crippen molar-refractivity contribution in [3.63, 3.8) is 0 Å². The third-order valence-corrected chi connectivity index (χ3v) is 3.88. The van der Waals surface area contributed by atoms with Crippen molar-refractivity contribution < 1.29 is 9.90 Å². The predicted octanol–water partition coefficient (Wildman–Crippen LogP) is 2.77. The summed E-state index contributed by atoms with van der Waals surface area (Å²) < 4.78 is 0. The molecule has 1 aliphatic heterocycles. The summed E-state index contributed by atoms with van der Waals surface area (Å²) in [5.74, 6) is -0.474. The molecule has 0 amide bonds. The third kappa shape index (κ3) is 2.28. The molecule has 1 saturated heterocycles. The highest BCUT2D eigenvalue weighted by Gasteiger charge is 2.41. The van der Waals surface area contributed by atoms with Crippen LogP contribution in [0.15, 0.2) is 30.3 Å². The van der Waals surface area contributed by atoms with E-state index in [2.05, 4.69) is 30.9 Å². The molecule has 0 aromatic heterocycles. The van der Waals surface area contributed by atoms with Crippen LogP contribution >= 0.6 is 0 Å². The minimum Gasteiger partial charge on any atom is -0.481 e. The van der Waals surface area contributed by atoms with Crippen LogP contribution in [0.5, 0.6) is 0 Å². The van der Waals surface area contributed by atoms with Crippen LogP contribution in [0.4, 0.5) is 5.69 Å². The predicted molar refractivity (Wildman–Crippen MR) is 68.2 cm³/mol. The second-order valence-corrected chi connectivity index (χ2v) is 5.22. The van der Waals surface area contributed by atoms with E-state index in [1.54, 1.807) is 0 Å². The highest BCUT2D eigenvalue weighted by Crippen LogP contribution is 2.39. The van der Waals surface area contributed by atoms with Gasteiger partial charge in [0.2, 0.25) is 0 Å². The molecule has 0 spiro atoms. The normalized spacial score (nSPS) is 22.7. The minimum atomic E-state index is -0.696. The highest BCUT2D eigenvalue weighted by atomic mass is 16.4. The fraction of sp³-hybridized carbons (Fsp3) is 0.500. The van der Waals surface area contributed by atoms with Crippen molar-refractivity contribution in [1.82, 2.24) is 0 Å². The first-order valence-electron chi connectivity index (χ1n) is 6.06. The summed E-state index contributed by atoms with van der Waals surface area (Å²) in [6.07, 6.45) is 1.21. The second-order valence-electron chi connectivity index (χ2n) is 5.22. The molecular weight excluding hydrogens is 214 g/mol. The monoisotopic (exact) mass is 233 g/mol. The summed E-state index contributed by atoms with van der Waals surface area (Å²) in [7, 11) is 0. The second kappa shape index (κ2) is 4.40. The fourth-order valence-electron chi connectivity index (χ4n) is 2.78. The molecule has 1 aromatic carbocycles. The lowest BCUT2D eigenvalue weighted by Crippen LogP contribution is -2.43. The van der Waals surface area contributed by atoms with E-state index in [4.69, 9.17) is 5.11 Å². The van der Waals surface area contributed by atoms with Crippen molar-refractivity contribution in [2.45, 2.75) is 32.2 Å². The maximum Gasteiger partial charge on any atom is 0.303 e. The largest absolute Gasteiger partial charge is 0.481 e. The molecule has 0 radical (unpaired) electrons. The van der Waals surface area contributed by atoms with E-state index >= 15 is 0 Å². The summed E-state index contributed by atoms with van der Waals surface area (Å²) in [6.45, 7) is 5.22. The van der Waals surface area contributed by atoms with Gasteiger partial charge < -0.3 is 10.0 Å². The average Bonchev–Trinajstić information content (AvgIpc) is 2.55. The Morgan fingerprint density at radius 1 is 1.41 bits per heavy atom. The zero-order chi connectivity index (χ0) is 12.5. The lowest BCUT2D eigenvalue weighted by atomic mass is 9.85. The van der Waals surface area contributed by atoms with E-state index in [0.717, 1.165) is 13.0 Å². The van der Waals surface area contributed by atoms with E-state index in [1.807, 2.05) is 18.2 Å². The van der Waals surface area contributed by atoms with E-state index in [9.17, 15) is 4.79 Å². The molecular formula is C14H19NO2. The van der Waals surface area contributed by atoms with Gasteiger partial charge in [0.05, 0.1) is 6.42 Å². The molecule has 1 atom stereocenters. The third-order valence-electron chi connectivity index (χ3n) is 3.88. The maximum atomic E-state index is 10.9. The summed E-state index contributed by atoms with van der Waals surface area (Å²) in [5.41, 5.74) is 1.10. The quantitative estimate of drug-likeness (QED) is 0.872. The van der Waals surface area contributed by atoms with Crippen LogP contribution in [0, 0.1) is 5.92 Å². The van der Waals surface area contributed by atoms with Crippen LogP contribution in [0.3, 0.4) is 0 Å². The molecule has 1 heterocycles. The van der Waals surface area contributed by atoms with Gasteiger partial charge in [0.1, 0.15) is 0 Å². The van der Waals surface area contributed by atoms with Crippen LogP contribution in [0.2, 0.25) is 0 Å². The molecule has 3 nitrogen and oxygen atoms in total. The van der Waals surface area contributed by atoms with E-state index in [-0.39, 0.29) is 17.9 Å². The van der Waals surface area contributed by atoms with Crippen LogP contribution in [-0.4, -0.2) is 23.2 Å². The molecule has 0 saturated carbocycles. The smallest absolute Gasteiger partial charge is 0.303 e. The molecule has 1 N–H and O–H groups in total. The van der Waals surface area contributed by atoms with Crippen molar-refractivity contribution >= 4 is 11.7 Å². The molecule has 1 aromatic rings. The fourth-order valence-corrected chi connectivity index (χ4v) is 2.78. The molecule has 3 heteroatoms. The zero-order valence-electron chi connectivity index (χ0n) is 10.4. The van der Waals surface area contributed by atoms with Gasteiger partial charge in [0.25, 0.3) is 0 Å².